The minimum atomic E-state index is -3.63. The van der Waals surface area contributed by atoms with E-state index in [4.69, 9.17) is 17.4 Å². The van der Waals surface area contributed by atoms with Gasteiger partial charge in [0.1, 0.15) is 0 Å². The fraction of sp³-hybridized carbons (Fsp3) is 0.500. The van der Waals surface area contributed by atoms with E-state index in [1.54, 1.807) is 24.3 Å². The van der Waals surface area contributed by atoms with E-state index >= 15 is 0 Å². The van der Waals surface area contributed by atoms with Gasteiger partial charge in [0.05, 0.1) is 0 Å². The van der Waals surface area contributed by atoms with Crippen LogP contribution in [0.5, 0.6) is 11.5 Å². The van der Waals surface area contributed by atoms with Crippen LogP contribution in [-0.4, -0.2) is 45.6 Å². The van der Waals surface area contributed by atoms with Gasteiger partial charge in [-0.05, 0) is 0 Å². The zero-order valence-electron chi connectivity index (χ0n) is 21.3. The van der Waals surface area contributed by atoms with Crippen LogP contribution in [0, 0.1) is 0 Å². The molecule has 0 saturated heterocycles. The van der Waals surface area contributed by atoms with Crippen molar-refractivity contribution >= 4 is 62.1 Å². The summed E-state index contributed by atoms with van der Waals surface area (Å²) >= 11 is -3.07. The molecule has 1 aliphatic rings. The normalized spacial score (nSPS) is 16.7. The minimum absolute atomic E-state index is 0.0424. The molecule has 1 heterocycles. The van der Waals surface area contributed by atoms with Gasteiger partial charge in [-0.3, -0.25) is 0 Å². The molecule has 0 N–H and O–H groups in total. The number of sulfone groups is 1. The third kappa shape index (κ3) is 5.11. The van der Waals surface area contributed by atoms with Crippen LogP contribution in [0.2, 0.25) is 36.3 Å². The summed E-state index contributed by atoms with van der Waals surface area (Å²) in [6.07, 6.45) is 0. The van der Waals surface area contributed by atoms with Gasteiger partial charge in [0.2, 0.25) is 0 Å². The van der Waals surface area contributed by atoms with Gasteiger partial charge in [-0.1, -0.05) is 0 Å². The third-order valence-corrected chi connectivity index (χ3v) is 28.4. The average Bonchev–Trinajstić information content (AvgIpc) is 2.63. The fourth-order valence-electron chi connectivity index (χ4n) is 3.03. The van der Waals surface area contributed by atoms with Crippen LogP contribution >= 0.6 is 8.51 Å². The van der Waals surface area contributed by atoms with Gasteiger partial charge >= 0.3 is 215 Å². The van der Waals surface area contributed by atoms with Crippen LogP contribution in [0.3, 0.4) is 0 Å². The second-order valence-corrected chi connectivity index (χ2v) is 32.0. The number of hydrogen-bond donors (Lipinski definition) is 0. The molecule has 3 rings (SSSR count). The molecule has 0 bridgehead atoms. The molecule has 0 fully saturated rings. The molecule has 0 aromatic heterocycles. The summed E-state index contributed by atoms with van der Waals surface area (Å²) in [7, 11) is -0.631. The summed E-state index contributed by atoms with van der Waals surface area (Å²) < 4.78 is 41.4. The van der Waals surface area contributed by atoms with Crippen molar-refractivity contribution in [2.75, 3.05) is 0 Å². The van der Waals surface area contributed by atoms with E-state index in [2.05, 4.69) is 67.7 Å². The molecule has 33 heavy (non-hydrogen) atoms. The van der Waals surface area contributed by atoms with Crippen molar-refractivity contribution < 1.29 is 17.3 Å². The first-order chi connectivity index (χ1) is 14.8. The van der Waals surface area contributed by atoms with Crippen LogP contribution in [0.25, 0.3) is 0 Å². The van der Waals surface area contributed by atoms with Crippen LogP contribution in [-0.2, 0) is 9.84 Å². The van der Waals surface area contributed by atoms with E-state index in [0.717, 1.165) is 6.54 Å². The van der Waals surface area contributed by atoms with E-state index < -0.39 is 47.0 Å². The van der Waals surface area contributed by atoms with E-state index in [0.29, 0.717) is 21.3 Å². The van der Waals surface area contributed by atoms with Gasteiger partial charge in [-0.15, -0.1) is 0 Å². The van der Waals surface area contributed by atoms with E-state index in [-0.39, 0.29) is 10.1 Å². The third-order valence-electron chi connectivity index (χ3n) is 7.22. The Balaban J connectivity index is 2.06. The molecule has 0 spiro atoms. The van der Waals surface area contributed by atoms with Crippen molar-refractivity contribution in [2.24, 2.45) is 0 Å². The Labute approximate surface area is 213 Å². The Bertz CT molecular complexity index is 1100. The predicted octanol–water partition coefficient (Wildman–Crippen LogP) is 5.95. The maximum atomic E-state index is 13.5. The molecular weight excluding hydrogens is 685 g/mol. The van der Waals surface area contributed by atoms with Crippen molar-refractivity contribution in [3.63, 3.8) is 0 Å². The summed E-state index contributed by atoms with van der Waals surface area (Å²) in [5, 5.41) is 0.0847. The van der Waals surface area contributed by atoms with E-state index in [1.807, 2.05) is 12.1 Å². The molecular formula is C24H36BiClO4SSi2. The van der Waals surface area contributed by atoms with Crippen LogP contribution in [0.15, 0.2) is 46.2 Å². The SMILES string of the molecule is CC(C)(C)[Si](C)(C)Oc1ccc2[c](c1)[Bi]([Cl])[c]1cc(O[Si](C)(C)C(C)(C)C)ccc1S2(=O)=O. The summed E-state index contributed by atoms with van der Waals surface area (Å²) in [6, 6.07) is 10.7. The standard InChI is InChI=1S/C24H36O4SSi2.Bi.ClH/c1-23(2,3)30(7,8)27-19-11-15-21(16-12-19)29(25,26)22-17-13-20(14-18-22)28-31(9,10)24(4,5)6;;/h11-15,17H,1-10H3;;1H/q;+1;/p-1. The Hall–Kier alpha value is -0.403. The summed E-state index contributed by atoms with van der Waals surface area (Å²) in [5.41, 5.74) is 0. The topological polar surface area (TPSA) is 52.6 Å². The number of rotatable bonds is 4. The molecule has 0 atom stereocenters. The van der Waals surface area contributed by atoms with Gasteiger partial charge in [-0.2, -0.15) is 0 Å². The second kappa shape index (κ2) is 8.61. The monoisotopic (exact) mass is 720 g/mol. The number of benzene rings is 2. The van der Waals surface area contributed by atoms with Crippen LogP contribution in [0.4, 0.5) is 0 Å². The maximum absolute atomic E-state index is 13.5. The van der Waals surface area contributed by atoms with Gasteiger partial charge in [0.15, 0.2) is 0 Å². The summed E-state index contributed by atoms with van der Waals surface area (Å²) in [6.45, 7) is 21.9. The molecule has 0 amide bonds. The van der Waals surface area contributed by atoms with Gasteiger partial charge in [0.25, 0.3) is 0 Å². The van der Waals surface area contributed by atoms with E-state index in [1.165, 1.54) is 0 Å². The number of fused-ring (bicyclic) bond motifs is 2. The Morgan fingerprint density at radius 1 is 0.727 bits per heavy atom. The number of hydrogen-bond acceptors (Lipinski definition) is 4. The van der Waals surface area contributed by atoms with Crippen LogP contribution < -0.4 is 15.4 Å². The first-order valence-electron chi connectivity index (χ1n) is 11.2. The van der Waals surface area contributed by atoms with Gasteiger partial charge < -0.3 is 0 Å². The van der Waals surface area contributed by atoms with Crippen molar-refractivity contribution in [1.82, 2.24) is 0 Å². The van der Waals surface area contributed by atoms with Crippen LogP contribution in [0.1, 0.15) is 41.5 Å². The fourth-order valence-corrected chi connectivity index (χ4v) is 19.2. The number of halogens is 1. The predicted molar refractivity (Wildman–Crippen MR) is 145 cm³/mol. The average molecular weight is 721 g/mol. The summed E-state index contributed by atoms with van der Waals surface area (Å²) in [4.78, 5) is 0.673. The molecule has 2 aromatic rings. The zero-order chi connectivity index (χ0) is 25.2. The van der Waals surface area contributed by atoms with Crippen molar-refractivity contribution in [1.29, 1.82) is 0 Å². The molecule has 182 valence electrons. The quantitative estimate of drug-likeness (QED) is 0.367. The molecule has 4 nitrogen and oxygen atoms in total. The molecule has 0 unspecified atom stereocenters. The molecule has 9 heteroatoms. The first kappa shape index (κ1) is 27.2. The van der Waals surface area contributed by atoms with Crippen molar-refractivity contribution in [2.45, 2.75) is 87.6 Å². The van der Waals surface area contributed by atoms with Crippen molar-refractivity contribution in [3.05, 3.63) is 36.4 Å². The van der Waals surface area contributed by atoms with Gasteiger partial charge in [0, 0.05) is 0 Å². The Morgan fingerprint density at radius 3 is 1.36 bits per heavy atom. The molecule has 1 aliphatic heterocycles. The molecule has 0 saturated carbocycles. The van der Waals surface area contributed by atoms with Crippen molar-refractivity contribution in [3.8, 4) is 11.5 Å². The Morgan fingerprint density at radius 2 is 1.06 bits per heavy atom. The molecule has 2 aromatic carbocycles. The van der Waals surface area contributed by atoms with E-state index in [9.17, 15) is 8.42 Å². The first-order valence-corrected chi connectivity index (χ1v) is 26.2. The second-order valence-electron chi connectivity index (χ2n) is 11.8. The molecule has 0 aliphatic carbocycles. The zero-order valence-corrected chi connectivity index (χ0v) is 28.4. The van der Waals surface area contributed by atoms with Gasteiger partial charge in [-0.25, -0.2) is 0 Å². The molecule has 0 radical (unpaired) electrons. The summed E-state index contributed by atoms with van der Waals surface area (Å²) in [5.74, 6) is 1.43. The Kier molecular flexibility index (Phi) is 7.10.